The number of carbonyl (C=O) groups excluding carboxylic acids is 1. The summed E-state index contributed by atoms with van der Waals surface area (Å²) in [5, 5.41) is 8.65. The highest BCUT2D eigenvalue weighted by atomic mass is 16.2. The van der Waals surface area contributed by atoms with Gasteiger partial charge in [-0.1, -0.05) is 54.6 Å². The molecule has 0 N–H and O–H groups in total. The molecular weight excluding hydrogens is 360 g/mol. The van der Waals surface area contributed by atoms with Crippen LogP contribution in [0.3, 0.4) is 0 Å². The lowest BCUT2D eigenvalue weighted by Crippen LogP contribution is -2.37. The number of carbonyl (C=O) groups is 1. The zero-order chi connectivity index (χ0) is 20.2. The van der Waals surface area contributed by atoms with E-state index in [1.54, 1.807) is 6.07 Å². The molecule has 0 unspecified atom stereocenters. The smallest absolute Gasteiger partial charge is 0.274 e. The number of benzene rings is 2. The highest BCUT2D eigenvalue weighted by Gasteiger charge is 2.22. The van der Waals surface area contributed by atoms with Crippen LogP contribution in [-0.4, -0.2) is 33.6 Å². The van der Waals surface area contributed by atoms with E-state index in [4.69, 9.17) is 0 Å². The fraction of sp³-hybridized carbons (Fsp3) is 0.292. The molecule has 0 radical (unpaired) electrons. The number of anilines is 1. The van der Waals surface area contributed by atoms with Crippen LogP contribution in [0, 0.1) is 0 Å². The maximum Gasteiger partial charge on any atom is 0.274 e. The van der Waals surface area contributed by atoms with Gasteiger partial charge in [0.1, 0.15) is 0 Å². The molecule has 0 aliphatic carbocycles. The van der Waals surface area contributed by atoms with Crippen LogP contribution in [0.2, 0.25) is 0 Å². The monoisotopic (exact) mass is 386 g/mol. The van der Waals surface area contributed by atoms with Crippen LogP contribution in [0.1, 0.15) is 41.0 Å². The molecule has 0 saturated carbocycles. The number of aromatic nitrogens is 2. The van der Waals surface area contributed by atoms with Crippen molar-refractivity contribution in [1.29, 1.82) is 0 Å². The molecule has 0 saturated heterocycles. The zero-order valence-electron chi connectivity index (χ0n) is 17.0. The molecule has 3 aromatic rings. The Bertz CT molecular complexity index is 970. The van der Waals surface area contributed by atoms with Gasteiger partial charge in [0, 0.05) is 25.7 Å². The van der Waals surface area contributed by atoms with Crippen LogP contribution < -0.4 is 4.90 Å². The van der Waals surface area contributed by atoms with Gasteiger partial charge in [0.05, 0.1) is 0 Å². The van der Waals surface area contributed by atoms with Crippen LogP contribution in [0.5, 0.6) is 0 Å². The second kappa shape index (κ2) is 8.43. The predicted octanol–water partition coefficient (Wildman–Crippen LogP) is 4.09. The summed E-state index contributed by atoms with van der Waals surface area (Å²) in [5.41, 5.74) is 4.22. The van der Waals surface area contributed by atoms with Gasteiger partial charge in [-0.3, -0.25) is 4.79 Å². The van der Waals surface area contributed by atoms with Crippen molar-refractivity contribution in [2.45, 2.75) is 39.4 Å². The fourth-order valence-electron chi connectivity index (χ4n) is 3.72. The Hall–Kier alpha value is -3.21. The number of nitrogens with zero attached hydrogens (tertiary/aromatic N) is 4. The lowest BCUT2D eigenvalue weighted by Gasteiger charge is -2.29. The predicted molar refractivity (Wildman–Crippen MR) is 115 cm³/mol. The minimum absolute atomic E-state index is 0.0720. The van der Waals surface area contributed by atoms with Crippen molar-refractivity contribution in [2.75, 3.05) is 11.4 Å². The van der Waals surface area contributed by atoms with E-state index in [9.17, 15) is 4.79 Å². The Morgan fingerprint density at radius 1 is 0.966 bits per heavy atom. The highest BCUT2D eigenvalue weighted by molar-refractivity contribution is 5.92. The van der Waals surface area contributed by atoms with Crippen molar-refractivity contribution in [3.05, 3.63) is 89.1 Å². The summed E-state index contributed by atoms with van der Waals surface area (Å²) in [7, 11) is 0. The van der Waals surface area contributed by atoms with E-state index in [0.29, 0.717) is 12.2 Å². The first kappa shape index (κ1) is 19.1. The largest absolute Gasteiger partial charge is 0.350 e. The maximum absolute atomic E-state index is 13.1. The third-order valence-electron chi connectivity index (χ3n) is 5.40. The zero-order valence-corrected chi connectivity index (χ0v) is 17.0. The van der Waals surface area contributed by atoms with Gasteiger partial charge in [-0.05, 0) is 49.1 Å². The molecule has 29 heavy (non-hydrogen) atoms. The van der Waals surface area contributed by atoms with Crippen LogP contribution >= 0.6 is 0 Å². The Labute approximate surface area is 172 Å². The first-order valence-electron chi connectivity index (χ1n) is 10.1. The van der Waals surface area contributed by atoms with Gasteiger partial charge < -0.3 is 9.80 Å². The number of hydrogen-bond acceptors (Lipinski definition) is 4. The summed E-state index contributed by atoms with van der Waals surface area (Å²) in [6.45, 7) is 6.33. The molecule has 5 heteroatoms. The van der Waals surface area contributed by atoms with Crippen molar-refractivity contribution in [3.63, 3.8) is 0 Å². The summed E-state index contributed by atoms with van der Waals surface area (Å²) >= 11 is 0. The van der Waals surface area contributed by atoms with Crippen molar-refractivity contribution < 1.29 is 4.79 Å². The third kappa shape index (κ3) is 4.29. The van der Waals surface area contributed by atoms with Gasteiger partial charge in [-0.25, -0.2) is 0 Å². The summed E-state index contributed by atoms with van der Waals surface area (Å²) < 4.78 is 0. The molecule has 1 amide bonds. The van der Waals surface area contributed by atoms with E-state index in [1.165, 1.54) is 11.1 Å². The summed E-state index contributed by atoms with van der Waals surface area (Å²) in [6.07, 6.45) is 0.997. The van der Waals surface area contributed by atoms with Crippen molar-refractivity contribution >= 4 is 11.7 Å². The minimum atomic E-state index is -0.0908. The van der Waals surface area contributed by atoms with Gasteiger partial charge in [-0.15, -0.1) is 10.2 Å². The molecule has 0 atom stereocenters. The third-order valence-corrected chi connectivity index (χ3v) is 5.40. The average molecular weight is 386 g/mol. The molecule has 2 heterocycles. The molecule has 2 aromatic carbocycles. The van der Waals surface area contributed by atoms with E-state index in [1.807, 2.05) is 55.1 Å². The molecule has 5 nitrogen and oxygen atoms in total. The normalized spacial score (nSPS) is 13.3. The van der Waals surface area contributed by atoms with Crippen LogP contribution in [0.4, 0.5) is 5.82 Å². The van der Waals surface area contributed by atoms with Crippen LogP contribution in [-0.2, 0) is 19.5 Å². The Morgan fingerprint density at radius 2 is 1.69 bits per heavy atom. The van der Waals surface area contributed by atoms with Crippen LogP contribution in [0.25, 0.3) is 0 Å². The number of amides is 1. The molecule has 4 rings (SSSR count). The van der Waals surface area contributed by atoms with E-state index in [0.717, 1.165) is 30.9 Å². The second-order valence-electron chi connectivity index (χ2n) is 7.73. The number of hydrogen-bond donors (Lipinski definition) is 0. The van der Waals surface area contributed by atoms with Gasteiger partial charge in [0.2, 0.25) is 0 Å². The maximum atomic E-state index is 13.1. The minimum Gasteiger partial charge on any atom is -0.350 e. The van der Waals surface area contributed by atoms with E-state index < -0.39 is 0 Å². The SMILES string of the molecule is CC(C)N(Cc1ccccc1)C(=O)c1ccc(N2CCc3ccccc3C2)nn1. The van der Waals surface area contributed by atoms with Gasteiger partial charge in [-0.2, -0.15) is 0 Å². The van der Waals surface area contributed by atoms with E-state index in [2.05, 4.69) is 39.4 Å². The Morgan fingerprint density at radius 3 is 2.38 bits per heavy atom. The molecule has 1 aromatic heterocycles. The first-order valence-corrected chi connectivity index (χ1v) is 10.1. The van der Waals surface area contributed by atoms with E-state index >= 15 is 0 Å². The summed E-state index contributed by atoms with van der Waals surface area (Å²) in [6, 6.07) is 22.3. The van der Waals surface area contributed by atoms with Gasteiger partial charge in [0.15, 0.2) is 11.5 Å². The first-order chi connectivity index (χ1) is 14.1. The lowest BCUT2D eigenvalue weighted by molar-refractivity contribution is 0.0683. The fourth-order valence-corrected chi connectivity index (χ4v) is 3.72. The Balaban J connectivity index is 1.48. The van der Waals surface area contributed by atoms with Crippen molar-refractivity contribution in [3.8, 4) is 0 Å². The number of rotatable bonds is 5. The van der Waals surface area contributed by atoms with E-state index in [-0.39, 0.29) is 11.9 Å². The molecule has 148 valence electrons. The molecule has 0 bridgehead atoms. The standard InChI is InChI=1S/C24H26N4O/c1-18(2)28(16-19-8-4-3-5-9-19)24(29)22-12-13-23(26-25-22)27-15-14-20-10-6-7-11-21(20)17-27/h3-13,18H,14-17H2,1-2H3. The molecule has 1 aliphatic heterocycles. The number of fused-ring (bicyclic) bond motifs is 1. The van der Waals surface area contributed by atoms with Crippen molar-refractivity contribution in [1.82, 2.24) is 15.1 Å². The van der Waals surface area contributed by atoms with Gasteiger partial charge in [0.25, 0.3) is 5.91 Å². The highest BCUT2D eigenvalue weighted by Crippen LogP contribution is 2.23. The van der Waals surface area contributed by atoms with Gasteiger partial charge >= 0.3 is 0 Å². The Kier molecular flexibility index (Phi) is 5.56. The summed E-state index contributed by atoms with van der Waals surface area (Å²) in [4.78, 5) is 17.1. The topological polar surface area (TPSA) is 49.3 Å². The molecule has 0 fully saturated rings. The molecular formula is C24H26N4O. The average Bonchev–Trinajstić information content (AvgIpc) is 2.77. The molecule has 0 spiro atoms. The second-order valence-corrected chi connectivity index (χ2v) is 7.73. The molecule has 1 aliphatic rings. The van der Waals surface area contributed by atoms with Crippen LogP contribution in [0.15, 0.2) is 66.7 Å². The lowest BCUT2D eigenvalue weighted by atomic mass is 10.00. The summed E-state index contributed by atoms with van der Waals surface area (Å²) in [5.74, 6) is 0.724. The quantitative estimate of drug-likeness (QED) is 0.663. The van der Waals surface area contributed by atoms with Crippen molar-refractivity contribution in [2.24, 2.45) is 0 Å².